The molecule has 2 heterocycles. The Hall–Kier alpha value is -3.12. The summed E-state index contributed by atoms with van der Waals surface area (Å²) >= 11 is 5.88. The van der Waals surface area contributed by atoms with Gasteiger partial charge in [-0.3, -0.25) is 9.59 Å². The SMILES string of the molecule is O=C(NCc1ccc(N2CCCC2=O)cc1)c1cc(-c2ccc(Cl)cc2)on1. The molecule has 0 unspecified atom stereocenters. The highest BCUT2D eigenvalue weighted by atomic mass is 35.5. The predicted molar refractivity (Wildman–Crippen MR) is 106 cm³/mol. The monoisotopic (exact) mass is 395 g/mol. The van der Waals surface area contributed by atoms with Crippen molar-refractivity contribution in [2.75, 3.05) is 11.4 Å². The minimum Gasteiger partial charge on any atom is -0.355 e. The second-order valence-corrected chi connectivity index (χ2v) is 7.02. The van der Waals surface area contributed by atoms with E-state index in [1.54, 1.807) is 35.2 Å². The lowest BCUT2D eigenvalue weighted by Gasteiger charge is -2.16. The average molecular weight is 396 g/mol. The molecule has 1 aliphatic rings. The molecule has 0 radical (unpaired) electrons. The van der Waals surface area contributed by atoms with Gasteiger partial charge in [0, 0.05) is 41.9 Å². The fourth-order valence-electron chi connectivity index (χ4n) is 3.12. The van der Waals surface area contributed by atoms with Crippen LogP contribution in [0.5, 0.6) is 0 Å². The zero-order valence-corrected chi connectivity index (χ0v) is 15.8. The molecule has 0 atom stereocenters. The second kappa shape index (κ2) is 7.86. The van der Waals surface area contributed by atoms with Gasteiger partial charge < -0.3 is 14.7 Å². The van der Waals surface area contributed by atoms with Crippen LogP contribution in [0.1, 0.15) is 28.9 Å². The predicted octanol–water partition coefficient (Wildman–Crippen LogP) is 4.05. The molecule has 0 bridgehead atoms. The molecule has 28 heavy (non-hydrogen) atoms. The van der Waals surface area contributed by atoms with E-state index in [4.69, 9.17) is 16.1 Å². The van der Waals surface area contributed by atoms with Crippen LogP contribution in [0.3, 0.4) is 0 Å². The first-order chi connectivity index (χ1) is 13.6. The number of anilines is 1. The van der Waals surface area contributed by atoms with E-state index in [0.717, 1.165) is 29.8 Å². The molecule has 1 aromatic heterocycles. The molecular formula is C21H18ClN3O3. The van der Waals surface area contributed by atoms with Crippen LogP contribution in [-0.4, -0.2) is 23.5 Å². The fourth-order valence-corrected chi connectivity index (χ4v) is 3.25. The lowest BCUT2D eigenvalue weighted by Crippen LogP contribution is -2.24. The molecule has 3 aromatic rings. The summed E-state index contributed by atoms with van der Waals surface area (Å²) in [5, 5.41) is 7.29. The molecule has 7 heteroatoms. The van der Waals surface area contributed by atoms with E-state index in [1.807, 2.05) is 24.3 Å². The van der Waals surface area contributed by atoms with Gasteiger partial charge in [-0.15, -0.1) is 0 Å². The summed E-state index contributed by atoms with van der Waals surface area (Å²) < 4.78 is 5.26. The number of rotatable bonds is 5. The first-order valence-electron chi connectivity index (χ1n) is 9.00. The smallest absolute Gasteiger partial charge is 0.273 e. The third-order valence-electron chi connectivity index (χ3n) is 4.65. The molecule has 4 rings (SSSR count). The third kappa shape index (κ3) is 3.92. The molecule has 6 nitrogen and oxygen atoms in total. The highest BCUT2D eigenvalue weighted by molar-refractivity contribution is 6.30. The number of halogens is 1. The summed E-state index contributed by atoms with van der Waals surface area (Å²) in [4.78, 5) is 25.9. The van der Waals surface area contributed by atoms with Crippen LogP contribution >= 0.6 is 11.6 Å². The number of carbonyl (C=O) groups excluding carboxylic acids is 2. The summed E-state index contributed by atoms with van der Waals surface area (Å²) in [7, 11) is 0. The number of hydrogen-bond donors (Lipinski definition) is 1. The van der Waals surface area contributed by atoms with Gasteiger partial charge in [-0.25, -0.2) is 0 Å². The molecular weight excluding hydrogens is 378 g/mol. The largest absolute Gasteiger partial charge is 0.355 e. The van der Waals surface area contributed by atoms with Crippen molar-refractivity contribution in [3.05, 3.63) is 70.9 Å². The lowest BCUT2D eigenvalue weighted by atomic mass is 10.1. The number of benzene rings is 2. The Labute approximate surface area is 167 Å². The van der Waals surface area contributed by atoms with Gasteiger partial charge in [0.05, 0.1) is 0 Å². The van der Waals surface area contributed by atoms with Crippen molar-refractivity contribution in [2.45, 2.75) is 19.4 Å². The second-order valence-electron chi connectivity index (χ2n) is 6.58. The molecule has 2 aromatic carbocycles. The molecule has 0 spiro atoms. The van der Waals surface area contributed by atoms with E-state index >= 15 is 0 Å². The zero-order valence-electron chi connectivity index (χ0n) is 15.0. The number of carbonyl (C=O) groups is 2. The van der Waals surface area contributed by atoms with E-state index in [-0.39, 0.29) is 17.5 Å². The minimum absolute atomic E-state index is 0.156. The summed E-state index contributed by atoms with van der Waals surface area (Å²) in [6.45, 7) is 1.12. The molecule has 1 aliphatic heterocycles. The molecule has 0 saturated carbocycles. The van der Waals surface area contributed by atoms with E-state index in [0.29, 0.717) is 23.7 Å². The van der Waals surface area contributed by atoms with Gasteiger partial charge in [0.1, 0.15) is 0 Å². The van der Waals surface area contributed by atoms with Gasteiger partial charge in [0.25, 0.3) is 5.91 Å². The van der Waals surface area contributed by atoms with Gasteiger partial charge in [-0.2, -0.15) is 0 Å². The third-order valence-corrected chi connectivity index (χ3v) is 4.90. The van der Waals surface area contributed by atoms with Gasteiger partial charge in [-0.1, -0.05) is 28.9 Å². The maximum atomic E-state index is 12.3. The van der Waals surface area contributed by atoms with Crippen LogP contribution in [0, 0.1) is 0 Å². The highest BCUT2D eigenvalue weighted by Gasteiger charge is 2.21. The van der Waals surface area contributed by atoms with Crippen molar-refractivity contribution in [1.82, 2.24) is 10.5 Å². The maximum absolute atomic E-state index is 12.3. The summed E-state index contributed by atoms with van der Waals surface area (Å²) in [5.41, 5.74) is 2.83. The van der Waals surface area contributed by atoms with Crippen molar-refractivity contribution in [2.24, 2.45) is 0 Å². The number of nitrogens with one attached hydrogen (secondary N) is 1. The van der Waals surface area contributed by atoms with Crippen LogP contribution in [0.4, 0.5) is 5.69 Å². The number of aromatic nitrogens is 1. The Morgan fingerprint density at radius 2 is 1.89 bits per heavy atom. The van der Waals surface area contributed by atoms with E-state index < -0.39 is 0 Å². The first-order valence-corrected chi connectivity index (χ1v) is 9.38. The first kappa shape index (κ1) is 18.3. The quantitative estimate of drug-likeness (QED) is 0.707. The van der Waals surface area contributed by atoms with Gasteiger partial charge in [0.2, 0.25) is 5.91 Å². The number of nitrogens with zero attached hydrogens (tertiary/aromatic N) is 2. The normalized spacial score (nSPS) is 13.8. The summed E-state index contributed by atoms with van der Waals surface area (Å²) in [6, 6.07) is 16.3. The molecule has 0 aliphatic carbocycles. The molecule has 1 saturated heterocycles. The van der Waals surface area contributed by atoms with Crippen molar-refractivity contribution in [3.63, 3.8) is 0 Å². The molecule has 142 valence electrons. The van der Waals surface area contributed by atoms with E-state index in [9.17, 15) is 9.59 Å². The van der Waals surface area contributed by atoms with Gasteiger partial charge in [-0.05, 0) is 48.4 Å². The Kier molecular flexibility index (Phi) is 5.12. The van der Waals surface area contributed by atoms with Gasteiger partial charge in [0.15, 0.2) is 11.5 Å². The number of hydrogen-bond acceptors (Lipinski definition) is 4. The van der Waals surface area contributed by atoms with Crippen molar-refractivity contribution in [3.8, 4) is 11.3 Å². The van der Waals surface area contributed by atoms with Crippen LogP contribution in [0.2, 0.25) is 5.02 Å². The van der Waals surface area contributed by atoms with Crippen molar-refractivity contribution in [1.29, 1.82) is 0 Å². The Balaban J connectivity index is 1.37. The van der Waals surface area contributed by atoms with Crippen LogP contribution in [0.25, 0.3) is 11.3 Å². The lowest BCUT2D eigenvalue weighted by molar-refractivity contribution is -0.117. The van der Waals surface area contributed by atoms with Crippen LogP contribution in [-0.2, 0) is 11.3 Å². The summed E-state index contributed by atoms with van der Waals surface area (Å²) in [5.74, 6) is 0.341. The van der Waals surface area contributed by atoms with Crippen molar-refractivity contribution < 1.29 is 14.1 Å². The summed E-state index contributed by atoms with van der Waals surface area (Å²) in [6.07, 6.45) is 1.50. The molecule has 2 amide bonds. The van der Waals surface area contributed by atoms with E-state index in [1.165, 1.54) is 0 Å². The topological polar surface area (TPSA) is 75.4 Å². The van der Waals surface area contributed by atoms with Gasteiger partial charge >= 0.3 is 0 Å². The van der Waals surface area contributed by atoms with E-state index in [2.05, 4.69) is 10.5 Å². The average Bonchev–Trinajstić information content (AvgIpc) is 3.37. The Bertz CT molecular complexity index is 996. The Morgan fingerprint density at radius 1 is 1.14 bits per heavy atom. The highest BCUT2D eigenvalue weighted by Crippen LogP contribution is 2.23. The Morgan fingerprint density at radius 3 is 2.57 bits per heavy atom. The van der Waals surface area contributed by atoms with Crippen LogP contribution in [0.15, 0.2) is 59.1 Å². The zero-order chi connectivity index (χ0) is 19.5. The molecule has 1 N–H and O–H groups in total. The van der Waals surface area contributed by atoms with Crippen molar-refractivity contribution >= 4 is 29.1 Å². The maximum Gasteiger partial charge on any atom is 0.273 e. The number of amides is 2. The fraction of sp³-hybridized carbons (Fsp3) is 0.190. The van der Waals surface area contributed by atoms with Crippen LogP contribution < -0.4 is 10.2 Å². The molecule has 1 fully saturated rings. The standard InChI is InChI=1S/C21H18ClN3O3/c22-16-7-5-15(6-8-16)19-12-18(24-28-19)21(27)23-13-14-3-9-17(10-4-14)25-11-1-2-20(25)26/h3-10,12H,1-2,11,13H2,(H,23,27). The minimum atomic E-state index is -0.317.